The van der Waals surface area contributed by atoms with Gasteiger partial charge in [0.05, 0.1) is 20.3 Å². The number of carbonyl (C=O) groups excluding carboxylic acids is 1. The van der Waals surface area contributed by atoms with Gasteiger partial charge in [-0.05, 0) is 24.6 Å². The van der Waals surface area contributed by atoms with Crippen molar-refractivity contribution in [2.75, 3.05) is 20.3 Å². The Morgan fingerprint density at radius 2 is 2.05 bits per heavy atom. The van der Waals surface area contributed by atoms with Crippen LogP contribution in [0.2, 0.25) is 0 Å². The lowest BCUT2D eigenvalue weighted by Gasteiger charge is -2.24. The molecule has 104 valence electrons. The number of methoxy groups -OCH3 is 1. The van der Waals surface area contributed by atoms with Crippen LogP contribution in [0.4, 0.5) is 0 Å². The van der Waals surface area contributed by atoms with Gasteiger partial charge in [-0.15, -0.1) is 0 Å². The lowest BCUT2D eigenvalue weighted by molar-refractivity contribution is -0.116. The van der Waals surface area contributed by atoms with Crippen LogP contribution in [0.15, 0.2) is 18.2 Å². The van der Waals surface area contributed by atoms with E-state index in [1.807, 2.05) is 18.2 Å². The van der Waals surface area contributed by atoms with Crippen LogP contribution in [0, 0.1) is 0 Å². The first-order valence-electron chi connectivity index (χ1n) is 6.60. The minimum Gasteiger partial charge on any atom is -0.493 e. The van der Waals surface area contributed by atoms with Gasteiger partial charge in [-0.1, -0.05) is 6.07 Å². The zero-order chi connectivity index (χ0) is 13.7. The van der Waals surface area contributed by atoms with Gasteiger partial charge in [0.25, 0.3) is 0 Å². The summed E-state index contributed by atoms with van der Waals surface area (Å²) in [6.07, 6.45) is 2.41. The molecule has 1 aromatic rings. The summed E-state index contributed by atoms with van der Waals surface area (Å²) in [5.74, 6) is 1.56. The molecule has 1 aromatic carbocycles. The maximum atomic E-state index is 11.1. The van der Waals surface area contributed by atoms with Crippen LogP contribution in [0.25, 0.3) is 0 Å². The smallest absolute Gasteiger partial charge is 0.161 e. The fourth-order valence-electron chi connectivity index (χ4n) is 2.18. The lowest BCUT2D eigenvalue weighted by atomic mass is 10.1. The molecule has 0 amide bonds. The van der Waals surface area contributed by atoms with Crippen LogP contribution in [0.1, 0.15) is 25.3 Å². The van der Waals surface area contributed by atoms with Gasteiger partial charge in [0.15, 0.2) is 11.5 Å². The molecule has 1 fully saturated rings. The molecular weight excluding hydrogens is 244 g/mol. The van der Waals surface area contributed by atoms with Crippen molar-refractivity contribution in [3.63, 3.8) is 0 Å². The second kappa shape index (κ2) is 6.57. The summed E-state index contributed by atoms with van der Waals surface area (Å²) < 4.78 is 16.6. The predicted molar refractivity (Wildman–Crippen MR) is 71.8 cm³/mol. The first-order chi connectivity index (χ1) is 9.19. The van der Waals surface area contributed by atoms with Crippen molar-refractivity contribution in [2.45, 2.75) is 32.3 Å². The number of ether oxygens (including phenoxy) is 3. The molecule has 4 heteroatoms. The van der Waals surface area contributed by atoms with Crippen molar-refractivity contribution in [3.8, 4) is 11.5 Å². The Hall–Kier alpha value is -1.55. The molecule has 19 heavy (non-hydrogen) atoms. The summed E-state index contributed by atoms with van der Waals surface area (Å²) in [7, 11) is 1.61. The fraction of sp³-hybridized carbons (Fsp3) is 0.533. The third-order valence-corrected chi connectivity index (χ3v) is 3.14. The maximum absolute atomic E-state index is 11.1. The van der Waals surface area contributed by atoms with Crippen molar-refractivity contribution in [3.05, 3.63) is 23.8 Å². The normalized spacial score (nSPS) is 16.1. The van der Waals surface area contributed by atoms with Crippen LogP contribution >= 0.6 is 0 Å². The third-order valence-electron chi connectivity index (χ3n) is 3.14. The van der Waals surface area contributed by atoms with Crippen LogP contribution < -0.4 is 9.47 Å². The minimum absolute atomic E-state index is 0.139. The highest BCUT2D eigenvalue weighted by Crippen LogP contribution is 2.30. The highest BCUT2D eigenvalue weighted by atomic mass is 16.5. The molecule has 1 saturated heterocycles. The molecule has 0 spiro atoms. The molecule has 0 radical (unpaired) electrons. The number of rotatable bonds is 5. The first-order valence-corrected chi connectivity index (χ1v) is 6.60. The van der Waals surface area contributed by atoms with Gasteiger partial charge in [0, 0.05) is 19.3 Å². The Kier molecular flexibility index (Phi) is 4.80. The van der Waals surface area contributed by atoms with E-state index in [1.165, 1.54) is 0 Å². The van der Waals surface area contributed by atoms with E-state index >= 15 is 0 Å². The molecule has 0 aliphatic carbocycles. The minimum atomic E-state index is 0.139. The molecular formula is C15H20O4. The number of benzene rings is 1. The molecule has 0 aromatic heterocycles. The first kappa shape index (κ1) is 13.9. The summed E-state index contributed by atoms with van der Waals surface area (Å²) in [5.41, 5.74) is 0.948. The van der Waals surface area contributed by atoms with Crippen LogP contribution in [0.3, 0.4) is 0 Å². The molecule has 0 unspecified atom stereocenters. The number of Topliss-reactive ketones (excluding diaryl/α,β-unsaturated/α-hetero) is 1. The van der Waals surface area contributed by atoms with Crippen LogP contribution in [-0.2, 0) is 16.0 Å². The summed E-state index contributed by atoms with van der Waals surface area (Å²) in [4.78, 5) is 11.1. The largest absolute Gasteiger partial charge is 0.493 e. The van der Waals surface area contributed by atoms with Crippen LogP contribution in [0.5, 0.6) is 11.5 Å². The van der Waals surface area contributed by atoms with Gasteiger partial charge in [-0.3, -0.25) is 4.79 Å². The quantitative estimate of drug-likeness (QED) is 0.819. The molecule has 1 heterocycles. The van der Waals surface area contributed by atoms with Crippen molar-refractivity contribution < 1.29 is 19.0 Å². The van der Waals surface area contributed by atoms with E-state index in [1.54, 1.807) is 14.0 Å². The predicted octanol–water partition coefficient (Wildman–Crippen LogP) is 2.38. The van der Waals surface area contributed by atoms with Gasteiger partial charge >= 0.3 is 0 Å². The summed E-state index contributed by atoms with van der Waals surface area (Å²) in [6, 6.07) is 5.67. The van der Waals surface area contributed by atoms with E-state index < -0.39 is 0 Å². The second-order valence-corrected chi connectivity index (χ2v) is 4.79. The SMILES string of the molecule is COc1cc(CC(C)=O)ccc1OC1CCOCC1. The van der Waals surface area contributed by atoms with E-state index in [4.69, 9.17) is 14.2 Å². The molecule has 0 bridgehead atoms. The molecule has 0 atom stereocenters. The van der Waals surface area contributed by atoms with E-state index in [9.17, 15) is 4.79 Å². The van der Waals surface area contributed by atoms with Crippen LogP contribution in [-0.4, -0.2) is 32.2 Å². The third kappa shape index (κ3) is 3.96. The monoisotopic (exact) mass is 264 g/mol. The maximum Gasteiger partial charge on any atom is 0.161 e. The Morgan fingerprint density at radius 1 is 1.32 bits per heavy atom. The zero-order valence-corrected chi connectivity index (χ0v) is 11.5. The topological polar surface area (TPSA) is 44.8 Å². The molecule has 0 saturated carbocycles. The molecule has 0 N–H and O–H groups in total. The zero-order valence-electron chi connectivity index (χ0n) is 11.5. The van der Waals surface area contributed by atoms with E-state index in [0.29, 0.717) is 12.2 Å². The van der Waals surface area contributed by atoms with Gasteiger partial charge in [0.2, 0.25) is 0 Å². The number of hydrogen-bond acceptors (Lipinski definition) is 4. The van der Waals surface area contributed by atoms with Crippen molar-refractivity contribution in [1.29, 1.82) is 0 Å². The number of ketones is 1. The Labute approximate surface area is 113 Å². The summed E-state index contributed by atoms with van der Waals surface area (Å²) in [5, 5.41) is 0. The average molecular weight is 264 g/mol. The standard InChI is InChI=1S/C15H20O4/c1-11(16)9-12-3-4-14(15(10-12)17-2)19-13-5-7-18-8-6-13/h3-4,10,13H,5-9H2,1-2H3. The Balaban J connectivity index is 2.08. The average Bonchev–Trinajstić information content (AvgIpc) is 2.41. The Bertz CT molecular complexity index is 436. The molecule has 2 rings (SSSR count). The lowest BCUT2D eigenvalue weighted by Crippen LogP contribution is -2.26. The van der Waals surface area contributed by atoms with Crippen molar-refractivity contribution >= 4 is 5.78 Å². The number of carbonyl (C=O) groups is 1. The Morgan fingerprint density at radius 3 is 2.68 bits per heavy atom. The van der Waals surface area contributed by atoms with Gasteiger partial charge < -0.3 is 14.2 Å². The highest BCUT2D eigenvalue weighted by molar-refractivity contribution is 5.78. The number of hydrogen-bond donors (Lipinski definition) is 0. The van der Waals surface area contributed by atoms with E-state index in [0.717, 1.165) is 37.4 Å². The van der Waals surface area contributed by atoms with Crippen molar-refractivity contribution in [2.24, 2.45) is 0 Å². The van der Waals surface area contributed by atoms with Gasteiger partial charge in [0.1, 0.15) is 11.9 Å². The highest BCUT2D eigenvalue weighted by Gasteiger charge is 2.17. The molecule has 1 aliphatic rings. The molecule has 1 aliphatic heterocycles. The molecule has 4 nitrogen and oxygen atoms in total. The second-order valence-electron chi connectivity index (χ2n) is 4.79. The fourth-order valence-corrected chi connectivity index (χ4v) is 2.18. The van der Waals surface area contributed by atoms with E-state index in [-0.39, 0.29) is 11.9 Å². The summed E-state index contributed by atoms with van der Waals surface area (Å²) >= 11 is 0. The van der Waals surface area contributed by atoms with Crippen molar-refractivity contribution in [1.82, 2.24) is 0 Å². The van der Waals surface area contributed by atoms with Gasteiger partial charge in [-0.25, -0.2) is 0 Å². The van der Waals surface area contributed by atoms with Gasteiger partial charge in [-0.2, -0.15) is 0 Å². The summed E-state index contributed by atoms with van der Waals surface area (Å²) in [6.45, 7) is 3.07. The van der Waals surface area contributed by atoms with E-state index in [2.05, 4.69) is 0 Å².